The lowest BCUT2D eigenvalue weighted by Gasteiger charge is -2.23. The maximum atomic E-state index is 13.1. The first-order valence-electron chi connectivity index (χ1n) is 11.0. The van der Waals surface area contributed by atoms with Gasteiger partial charge in [-0.3, -0.25) is 14.2 Å². The van der Waals surface area contributed by atoms with Crippen molar-refractivity contribution in [2.75, 3.05) is 25.4 Å². The van der Waals surface area contributed by atoms with Crippen LogP contribution in [0.2, 0.25) is 0 Å². The van der Waals surface area contributed by atoms with E-state index < -0.39 is 0 Å². The monoisotopic (exact) mass is 441 g/mol. The SMILES string of the molecule is O=C(CSc1nc2ccccc2c(=O)n1CCC[NH+]1CCCCC1)NCc1ccco1. The van der Waals surface area contributed by atoms with E-state index in [4.69, 9.17) is 9.40 Å². The molecule has 0 aliphatic carbocycles. The van der Waals surface area contributed by atoms with E-state index in [1.807, 2.05) is 30.3 Å². The van der Waals surface area contributed by atoms with Crippen LogP contribution in [0.3, 0.4) is 0 Å². The van der Waals surface area contributed by atoms with E-state index in [9.17, 15) is 9.59 Å². The van der Waals surface area contributed by atoms with Crippen LogP contribution in [0, 0.1) is 0 Å². The van der Waals surface area contributed by atoms with Gasteiger partial charge in [-0.15, -0.1) is 0 Å². The number of furan rings is 1. The number of quaternary nitrogens is 1. The van der Waals surface area contributed by atoms with Crippen molar-refractivity contribution in [1.82, 2.24) is 14.9 Å². The molecular formula is C23H29N4O3S+. The van der Waals surface area contributed by atoms with Gasteiger partial charge in [0.25, 0.3) is 5.56 Å². The van der Waals surface area contributed by atoms with Crippen LogP contribution >= 0.6 is 11.8 Å². The molecule has 0 bridgehead atoms. The molecule has 31 heavy (non-hydrogen) atoms. The zero-order chi connectivity index (χ0) is 21.5. The topological polar surface area (TPSA) is 81.6 Å². The normalized spacial score (nSPS) is 14.7. The van der Waals surface area contributed by atoms with Gasteiger partial charge in [0.1, 0.15) is 5.76 Å². The van der Waals surface area contributed by atoms with Crippen LogP contribution in [0.25, 0.3) is 10.9 Å². The van der Waals surface area contributed by atoms with Crippen LogP contribution in [-0.2, 0) is 17.9 Å². The second kappa shape index (κ2) is 10.6. The summed E-state index contributed by atoms with van der Waals surface area (Å²) in [6.07, 6.45) is 6.43. The van der Waals surface area contributed by atoms with Crippen molar-refractivity contribution in [3.63, 3.8) is 0 Å². The number of aromatic nitrogens is 2. The summed E-state index contributed by atoms with van der Waals surface area (Å²) in [5, 5.41) is 4.07. The zero-order valence-corrected chi connectivity index (χ0v) is 18.5. The molecule has 0 unspecified atom stereocenters. The van der Waals surface area contributed by atoms with Crippen LogP contribution in [-0.4, -0.2) is 40.8 Å². The highest BCUT2D eigenvalue weighted by molar-refractivity contribution is 7.99. The minimum atomic E-state index is -0.117. The first-order valence-corrected chi connectivity index (χ1v) is 11.9. The average Bonchev–Trinajstić information content (AvgIpc) is 3.32. The standard InChI is InChI=1S/C23H28N4O3S/c28-21(24-16-18-8-6-15-30-18)17-31-23-25-20-10-3-2-9-19(20)22(29)27(23)14-7-13-26-11-4-1-5-12-26/h2-3,6,8-10,15H,1,4-5,7,11-14,16-17H2,(H,24,28)/p+1. The number of thioether (sulfide) groups is 1. The molecule has 1 aliphatic rings. The van der Waals surface area contributed by atoms with Gasteiger partial charge in [-0.05, 0) is 43.5 Å². The van der Waals surface area contributed by atoms with Crippen LogP contribution < -0.4 is 15.8 Å². The summed E-state index contributed by atoms with van der Waals surface area (Å²) in [4.78, 5) is 31.8. The van der Waals surface area contributed by atoms with Crippen molar-refractivity contribution >= 4 is 28.6 Å². The lowest BCUT2D eigenvalue weighted by Crippen LogP contribution is -3.12. The first-order chi connectivity index (χ1) is 15.2. The van der Waals surface area contributed by atoms with Gasteiger partial charge in [-0.25, -0.2) is 4.98 Å². The minimum Gasteiger partial charge on any atom is -0.467 e. The summed E-state index contributed by atoms with van der Waals surface area (Å²) in [6.45, 7) is 4.48. The molecule has 1 fully saturated rings. The fraction of sp³-hybridized carbons (Fsp3) is 0.435. The third-order valence-corrected chi connectivity index (χ3v) is 6.65. The molecule has 1 aromatic carbocycles. The molecule has 1 saturated heterocycles. The summed E-state index contributed by atoms with van der Waals surface area (Å²) in [5.41, 5.74) is 0.640. The molecule has 1 aliphatic heterocycles. The van der Waals surface area contributed by atoms with Crippen molar-refractivity contribution in [3.05, 3.63) is 58.8 Å². The number of hydrogen-bond acceptors (Lipinski definition) is 5. The molecular weight excluding hydrogens is 412 g/mol. The van der Waals surface area contributed by atoms with E-state index in [-0.39, 0.29) is 17.2 Å². The molecule has 164 valence electrons. The number of carbonyl (C=O) groups is 1. The first kappa shape index (κ1) is 21.6. The van der Waals surface area contributed by atoms with E-state index in [2.05, 4.69) is 5.32 Å². The largest absolute Gasteiger partial charge is 0.467 e. The Hall–Kier alpha value is -2.58. The minimum absolute atomic E-state index is 0.0299. The van der Waals surface area contributed by atoms with Crippen LogP contribution in [0.15, 0.2) is 57.0 Å². The maximum absolute atomic E-state index is 13.1. The Morgan fingerprint density at radius 3 is 2.81 bits per heavy atom. The molecule has 1 amide bonds. The predicted octanol–water partition coefficient (Wildman–Crippen LogP) is 1.86. The highest BCUT2D eigenvalue weighted by Gasteiger charge is 2.16. The van der Waals surface area contributed by atoms with Gasteiger partial charge in [-0.1, -0.05) is 23.9 Å². The number of likely N-dealkylation sites (tertiary alicyclic amines) is 1. The quantitative estimate of drug-likeness (QED) is 0.391. The van der Waals surface area contributed by atoms with Gasteiger partial charge < -0.3 is 14.6 Å². The molecule has 7 nitrogen and oxygen atoms in total. The van der Waals surface area contributed by atoms with Gasteiger partial charge in [0, 0.05) is 13.0 Å². The molecule has 0 radical (unpaired) electrons. The Bertz CT molecular complexity index is 1060. The Balaban J connectivity index is 1.44. The number of amides is 1. The summed E-state index contributed by atoms with van der Waals surface area (Å²) < 4.78 is 6.99. The molecule has 0 spiro atoms. The predicted molar refractivity (Wildman–Crippen MR) is 121 cm³/mol. The van der Waals surface area contributed by atoms with E-state index >= 15 is 0 Å². The summed E-state index contributed by atoms with van der Waals surface area (Å²) in [6, 6.07) is 11.0. The molecule has 8 heteroatoms. The zero-order valence-electron chi connectivity index (χ0n) is 17.6. The Morgan fingerprint density at radius 1 is 1.16 bits per heavy atom. The third kappa shape index (κ3) is 5.77. The maximum Gasteiger partial charge on any atom is 0.262 e. The number of piperidine rings is 1. The van der Waals surface area contributed by atoms with E-state index in [0.29, 0.717) is 34.9 Å². The lowest BCUT2D eigenvalue weighted by molar-refractivity contribution is -0.905. The van der Waals surface area contributed by atoms with E-state index in [1.165, 1.54) is 44.1 Å². The van der Waals surface area contributed by atoms with Crippen LogP contribution in [0.1, 0.15) is 31.4 Å². The average molecular weight is 442 g/mol. The van der Waals surface area contributed by atoms with Crippen LogP contribution in [0.5, 0.6) is 0 Å². The van der Waals surface area contributed by atoms with E-state index in [0.717, 1.165) is 13.0 Å². The lowest BCUT2D eigenvalue weighted by atomic mass is 10.1. The number of nitrogens with zero attached hydrogens (tertiary/aromatic N) is 2. The highest BCUT2D eigenvalue weighted by Crippen LogP contribution is 2.18. The molecule has 2 aromatic heterocycles. The highest BCUT2D eigenvalue weighted by atomic mass is 32.2. The van der Waals surface area contributed by atoms with Crippen molar-refractivity contribution < 1.29 is 14.1 Å². The van der Waals surface area contributed by atoms with Gasteiger partial charge >= 0.3 is 0 Å². The van der Waals surface area contributed by atoms with Crippen molar-refractivity contribution in [1.29, 1.82) is 0 Å². The summed E-state index contributed by atoms with van der Waals surface area (Å²) in [7, 11) is 0. The van der Waals surface area contributed by atoms with Crippen LogP contribution in [0.4, 0.5) is 0 Å². The molecule has 0 saturated carbocycles. The number of nitrogens with one attached hydrogen (secondary N) is 2. The van der Waals surface area contributed by atoms with Gasteiger partial charge in [0.15, 0.2) is 5.16 Å². The molecule has 3 heterocycles. The smallest absolute Gasteiger partial charge is 0.262 e. The molecule has 2 N–H and O–H groups in total. The molecule has 0 atom stereocenters. The summed E-state index contributed by atoms with van der Waals surface area (Å²) in [5.74, 6) is 0.787. The number of para-hydroxylation sites is 1. The second-order valence-electron chi connectivity index (χ2n) is 7.93. The van der Waals surface area contributed by atoms with Gasteiger partial charge in [0.2, 0.25) is 5.91 Å². The summed E-state index contributed by atoms with van der Waals surface area (Å²) >= 11 is 1.31. The number of fused-ring (bicyclic) bond motifs is 1. The number of hydrogen-bond donors (Lipinski definition) is 2. The number of benzene rings is 1. The van der Waals surface area contributed by atoms with Gasteiger partial charge in [0.05, 0.1) is 49.1 Å². The Morgan fingerprint density at radius 2 is 2.00 bits per heavy atom. The molecule has 4 rings (SSSR count). The van der Waals surface area contributed by atoms with Crippen molar-refractivity contribution in [2.24, 2.45) is 0 Å². The van der Waals surface area contributed by atoms with Crippen molar-refractivity contribution in [3.8, 4) is 0 Å². The Labute approximate surface area is 185 Å². The van der Waals surface area contributed by atoms with E-state index in [1.54, 1.807) is 21.8 Å². The Kier molecular flexibility index (Phi) is 7.43. The fourth-order valence-electron chi connectivity index (χ4n) is 4.02. The fourth-order valence-corrected chi connectivity index (χ4v) is 4.88. The third-order valence-electron chi connectivity index (χ3n) is 5.67. The van der Waals surface area contributed by atoms with Gasteiger partial charge in [-0.2, -0.15) is 0 Å². The number of rotatable bonds is 9. The van der Waals surface area contributed by atoms with Crippen molar-refractivity contribution in [2.45, 2.75) is 43.9 Å². The second-order valence-corrected chi connectivity index (χ2v) is 8.87. The number of carbonyl (C=O) groups excluding carboxylic acids is 1. The molecule has 3 aromatic rings.